The molecule has 4 heterocycles. The quantitative estimate of drug-likeness (QED) is 0.279. The van der Waals surface area contributed by atoms with Gasteiger partial charge in [-0.2, -0.15) is 0 Å². The molecule has 0 amide bonds. The molecule has 0 spiro atoms. The first-order valence-corrected chi connectivity index (χ1v) is 10.0. The Kier molecular flexibility index (Phi) is 4.84. The zero-order valence-electron chi connectivity index (χ0n) is 14.7. The van der Waals surface area contributed by atoms with E-state index in [1.165, 1.54) is 33.4 Å². The van der Waals surface area contributed by atoms with Gasteiger partial charge in [-0.25, -0.2) is 19.5 Å². The molecule has 4 aromatic heterocycles. The number of anilines is 1. The van der Waals surface area contributed by atoms with Crippen molar-refractivity contribution in [1.82, 2.24) is 19.5 Å². The van der Waals surface area contributed by atoms with Crippen molar-refractivity contribution in [2.24, 2.45) is 0 Å². The van der Waals surface area contributed by atoms with Gasteiger partial charge >= 0.3 is 5.82 Å². The number of nitro groups is 1. The maximum absolute atomic E-state index is 12.8. The summed E-state index contributed by atoms with van der Waals surface area (Å²) in [5.74, 6) is 0.651. The van der Waals surface area contributed by atoms with Crippen LogP contribution in [0, 0.1) is 17.0 Å². The number of nitrogens with one attached hydrogen (secondary N) is 1. The standard InChI is InChI=1S/C17H14N6O3S2/c1-10-19-9-13(23(25)26)22(10)6-5-18-17-20-11-4-8-28-16(11)14(21-17)15(24)12-3-2-7-27-12/h2-4,7-9H,5-6H2,1H3,(H,18,20,21). The lowest BCUT2D eigenvalue weighted by atomic mass is 10.2. The van der Waals surface area contributed by atoms with Gasteiger partial charge < -0.3 is 15.4 Å². The molecule has 0 aliphatic carbocycles. The summed E-state index contributed by atoms with van der Waals surface area (Å²) in [6.07, 6.45) is 1.24. The van der Waals surface area contributed by atoms with E-state index in [4.69, 9.17) is 0 Å². The van der Waals surface area contributed by atoms with E-state index in [1.54, 1.807) is 13.0 Å². The molecule has 4 rings (SSSR count). The van der Waals surface area contributed by atoms with E-state index in [9.17, 15) is 14.9 Å². The number of rotatable bonds is 7. The van der Waals surface area contributed by atoms with Gasteiger partial charge in [0, 0.05) is 6.92 Å². The smallest absolute Gasteiger partial charge is 0.342 e. The average molecular weight is 414 g/mol. The van der Waals surface area contributed by atoms with Crippen LogP contribution in [0.2, 0.25) is 0 Å². The highest BCUT2D eigenvalue weighted by atomic mass is 32.1. The Morgan fingerprint density at radius 2 is 2.14 bits per heavy atom. The maximum Gasteiger partial charge on any atom is 0.342 e. The second kappa shape index (κ2) is 7.44. The summed E-state index contributed by atoms with van der Waals surface area (Å²) < 4.78 is 2.25. The molecule has 0 atom stereocenters. The Labute approximate surface area is 166 Å². The van der Waals surface area contributed by atoms with Gasteiger partial charge in [0.15, 0.2) is 5.82 Å². The highest BCUT2D eigenvalue weighted by Gasteiger charge is 2.20. The Hall–Kier alpha value is -3.18. The number of hydrogen-bond donors (Lipinski definition) is 1. The fourth-order valence-corrected chi connectivity index (χ4v) is 4.26. The van der Waals surface area contributed by atoms with Crippen molar-refractivity contribution in [1.29, 1.82) is 0 Å². The molecular formula is C17H14N6O3S2. The highest BCUT2D eigenvalue weighted by Crippen LogP contribution is 2.26. The van der Waals surface area contributed by atoms with Crippen LogP contribution in [0.3, 0.4) is 0 Å². The lowest BCUT2D eigenvalue weighted by Gasteiger charge is -2.07. The predicted molar refractivity (Wildman–Crippen MR) is 107 cm³/mol. The minimum absolute atomic E-state index is 0.0675. The van der Waals surface area contributed by atoms with Crippen LogP contribution < -0.4 is 5.32 Å². The zero-order valence-corrected chi connectivity index (χ0v) is 16.3. The molecule has 0 radical (unpaired) electrons. The maximum atomic E-state index is 12.8. The topological polar surface area (TPSA) is 116 Å². The summed E-state index contributed by atoms with van der Waals surface area (Å²) in [6, 6.07) is 5.43. The van der Waals surface area contributed by atoms with Crippen molar-refractivity contribution < 1.29 is 9.72 Å². The van der Waals surface area contributed by atoms with Crippen molar-refractivity contribution in [3.05, 3.63) is 61.7 Å². The fraction of sp³-hybridized carbons (Fsp3) is 0.176. The molecule has 11 heteroatoms. The number of carbonyl (C=O) groups excluding carboxylic acids is 1. The molecular weight excluding hydrogens is 400 g/mol. The first-order chi connectivity index (χ1) is 13.5. The average Bonchev–Trinajstić information content (AvgIpc) is 3.41. The molecule has 9 nitrogen and oxygen atoms in total. The molecule has 28 heavy (non-hydrogen) atoms. The van der Waals surface area contributed by atoms with Gasteiger partial charge in [0.25, 0.3) is 0 Å². The van der Waals surface area contributed by atoms with Gasteiger partial charge in [0.1, 0.15) is 18.4 Å². The molecule has 0 aliphatic heterocycles. The molecule has 0 saturated heterocycles. The number of aromatic nitrogens is 4. The molecule has 0 aliphatic rings. The number of fused-ring (bicyclic) bond motifs is 1. The Morgan fingerprint density at radius 1 is 1.29 bits per heavy atom. The number of carbonyl (C=O) groups is 1. The van der Waals surface area contributed by atoms with Gasteiger partial charge in [0.05, 0.1) is 21.6 Å². The summed E-state index contributed by atoms with van der Waals surface area (Å²) >= 11 is 2.79. The van der Waals surface area contributed by atoms with E-state index < -0.39 is 4.92 Å². The van der Waals surface area contributed by atoms with E-state index in [2.05, 4.69) is 20.3 Å². The second-order valence-electron chi connectivity index (χ2n) is 5.84. The molecule has 0 bridgehead atoms. The fourth-order valence-electron chi connectivity index (χ4n) is 2.78. The number of ketones is 1. The van der Waals surface area contributed by atoms with Crippen molar-refractivity contribution >= 4 is 50.4 Å². The van der Waals surface area contributed by atoms with Gasteiger partial charge in [-0.1, -0.05) is 6.07 Å². The van der Waals surface area contributed by atoms with E-state index in [-0.39, 0.29) is 11.6 Å². The highest BCUT2D eigenvalue weighted by molar-refractivity contribution is 7.17. The largest absolute Gasteiger partial charge is 0.358 e. The van der Waals surface area contributed by atoms with E-state index in [1.807, 2.05) is 22.9 Å². The zero-order chi connectivity index (χ0) is 19.7. The number of imidazole rings is 1. The molecule has 0 fully saturated rings. The van der Waals surface area contributed by atoms with Crippen molar-refractivity contribution in [2.75, 3.05) is 11.9 Å². The summed E-state index contributed by atoms with van der Waals surface area (Å²) in [5.41, 5.74) is 1.04. The van der Waals surface area contributed by atoms with Crippen molar-refractivity contribution in [2.45, 2.75) is 13.5 Å². The number of aryl methyl sites for hydroxylation is 1. The van der Waals surface area contributed by atoms with Gasteiger partial charge in [-0.15, -0.1) is 22.7 Å². The van der Waals surface area contributed by atoms with Crippen molar-refractivity contribution in [3.63, 3.8) is 0 Å². The van der Waals surface area contributed by atoms with Crippen LogP contribution in [-0.2, 0) is 6.54 Å². The second-order valence-corrected chi connectivity index (χ2v) is 7.70. The van der Waals surface area contributed by atoms with Crippen molar-refractivity contribution in [3.8, 4) is 0 Å². The van der Waals surface area contributed by atoms with Crippen LogP contribution in [0.4, 0.5) is 11.8 Å². The lowest BCUT2D eigenvalue weighted by molar-refractivity contribution is -0.392. The molecule has 0 aromatic carbocycles. The SMILES string of the molecule is Cc1ncc([N+](=O)[O-])n1CCNc1nc(C(=O)c2cccs2)c2sccc2n1. The molecule has 4 aromatic rings. The number of thiophene rings is 2. The Morgan fingerprint density at radius 3 is 2.89 bits per heavy atom. The summed E-state index contributed by atoms with van der Waals surface area (Å²) in [4.78, 5) is 36.9. The van der Waals surface area contributed by atoms with Gasteiger partial charge in [-0.3, -0.25) is 4.79 Å². The Bertz CT molecular complexity index is 1170. The van der Waals surface area contributed by atoms with Gasteiger partial charge in [0.2, 0.25) is 11.7 Å². The third-order valence-electron chi connectivity index (χ3n) is 4.10. The summed E-state index contributed by atoms with van der Waals surface area (Å²) in [5, 5.41) is 17.9. The first-order valence-electron chi connectivity index (χ1n) is 8.28. The first kappa shape index (κ1) is 18.2. The van der Waals surface area contributed by atoms with Crippen LogP contribution in [0.25, 0.3) is 10.2 Å². The van der Waals surface area contributed by atoms with Crippen LogP contribution in [0.1, 0.15) is 21.2 Å². The van der Waals surface area contributed by atoms with E-state index in [0.717, 1.165) is 4.70 Å². The summed E-state index contributed by atoms with van der Waals surface area (Å²) in [7, 11) is 0. The van der Waals surface area contributed by atoms with Crippen LogP contribution in [-0.4, -0.2) is 36.8 Å². The normalized spacial score (nSPS) is 11.0. The van der Waals surface area contributed by atoms with Crippen LogP contribution in [0.5, 0.6) is 0 Å². The van der Waals surface area contributed by atoms with Crippen LogP contribution >= 0.6 is 22.7 Å². The third kappa shape index (κ3) is 3.37. The number of nitrogens with zero attached hydrogens (tertiary/aromatic N) is 5. The van der Waals surface area contributed by atoms with E-state index in [0.29, 0.717) is 41.0 Å². The minimum Gasteiger partial charge on any atom is -0.358 e. The summed E-state index contributed by atoms with van der Waals surface area (Å²) in [6.45, 7) is 2.38. The van der Waals surface area contributed by atoms with Gasteiger partial charge in [-0.05, 0) is 27.8 Å². The Balaban J connectivity index is 1.57. The number of hydrogen-bond acceptors (Lipinski definition) is 9. The third-order valence-corrected chi connectivity index (χ3v) is 5.88. The monoisotopic (exact) mass is 414 g/mol. The molecule has 0 saturated carbocycles. The molecule has 0 unspecified atom stereocenters. The minimum atomic E-state index is -0.467. The predicted octanol–water partition coefficient (Wildman–Crippen LogP) is 3.51. The molecule has 1 N–H and O–H groups in total. The lowest BCUT2D eigenvalue weighted by Crippen LogP contribution is -2.16. The van der Waals surface area contributed by atoms with E-state index >= 15 is 0 Å². The van der Waals surface area contributed by atoms with Crippen LogP contribution in [0.15, 0.2) is 35.2 Å². The molecule has 142 valence electrons.